The fraction of sp³-hybridized carbons (Fsp3) is 0.158. The van der Waals surface area contributed by atoms with Crippen molar-refractivity contribution in [3.8, 4) is 5.75 Å². The maximum Gasteiger partial charge on any atom is 0.336 e. The summed E-state index contributed by atoms with van der Waals surface area (Å²) in [5, 5.41) is 12.5. The Balaban J connectivity index is 1.77. The lowest BCUT2D eigenvalue weighted by molar-refractivity contribution is -0.117. The number of hydrogen-bond acceptors (Lipinski definition) is 7. The second-order valence-corrected chi connectivity index (χ2v) is 7.36. The molecule has 0 radical (unpaired) electrons. The fourth-order valence-electron chi connectivity index (χ4n) is 2.80. The maximum absolute atomic E-state index is 12.4. The Morgan fingerprint density at radius 1 is 1.14 bits per heavy atom. The molecular weight excluding hydrogens is 383 g/mol. The van der Waals surface area contributed by atoms with E-state index in [2.05, 4.69) is 5.32 Å². The molecule has 0 fully saturated rings. The van der Waals surface area contributed by atoms with Gasteiger partial charge in [0.2, 0.25) is 5.91 Å². The maximum atomic E-state index is 12.4. The first-order valence-electron chi connectivity index (χ1n) is 8.38. The molecule has 8 nitrogen and oxygen atoms in total. The molecule has 0 bridgehead atoms. The standard InChI is InChI=1S/C19H19N2O6P/c20-16(7-11-1-4-14(22)5-2-11)19(24)21-13-3-6-15-12(10-28(25)26)8-18(23)27-17(15)9-13/h1-6,8-9,16,22,25-26H,7,10,20H2,(H,21,24). The van der Waals surface area contributed by atoms with Crippen molar-refractivity contribution in [3.63, 3.8) is 0 Å². The molecule has 1 heterocycles. The molecule has 1 amide bonds. The van der Waals surface area contributed by atoms with E-state index in [0.717, 1.165) is 5.56 Å². The highest BCUT2D eigenvalue weighted by Gasteiger charge is 2.16. The average Bonchev–Trinajstić information content (AvgIpc) is 2.62. The molecule has 0 aliphatic carbocycles. The second-order valence-electron chi connectivity index (χ2n) is 6.30. The van der Waals surface area contributed by atoms with Crippen LogP contribution in [-0.4, -0.2) is 26.8 Å². The van der Waals surface area contributed by atoms with E-state index in [9.17, 15) is 24.5 Å². The van der Waals surface area contributed by atoms with Gasteiger partial charge in [-0.15, -0.1) is 0 Å². The molecule has 0 saturated heterocycles. The largest absolute Gasteiger partial charge is 0.508 e. The van der Waals surface area contributed by atoms with E-state index < -0.39 is 26.0 Å². The third kappa shape index (κ3) is 4.94. The van der Waals surface area contributed by atoms with Crippen molar-refractivity contribution < 1.29 is 24.1 Å². The number of phenols is 1. The van der Waals surface area contributed by atoms with Crippen LogP contribution in [0.15, 0.2) is 57.7 Å². The van der Waals surface area contributed by atoms with E-state index in [1.54, 1.807) is 24.3 Å². The van der Waals surface area contributed by atoms with Gasteiger partial charge in [-0.2, -0.15) is 0 Å². The van der Waals surface area contributed by atoms with Crippen LogP contribution >= 0.6 is 8.38 Å². The Kier molecular flexibility index (Phi) is 6.06. The predicted octanol–water partition coefficient (Wildman–Crippen LogP) is 1.80. The molecule has 1 aromatic heterocycles. The lowest BCUT2D eigenvalue weighted by Crippen LogP contribution is -2.37. The van der Waals surface area contributed by atoms with Gasteiger partial charge in [0.05, 0.1) is 6.04 Å². The molecule has 6 N–H and O–H groups in total. The van der Waals surface area contributed by atoms with Gasteiger partial charge in [0.25, 0.3) is 0 Å². The first kappa shape index (κ1) is 20.0. The summed E-state index contributed by atoms with van der Waals surface area (Å²) in [6.45, 7) is 0. The summed E-state index contributed by atoms with van der Waals surface area (Å²) in [4.78, 5) is 42.5. The highest BCUT2D eigenvalue weighted by molar-refractivity contribution is 7.44. The van der Waals surface area contributed by atoms with E-state index in [1.165, 1.54) is 24.3 Å². The number of aromatic hydroxyl groups is 1. The Bertz CT molecular complexity index is 1050. The lowest BCUT2D eigenvalue weighted by atomic mass is 10.1. The van der Waals surface area contributed by atoms with Crippen molar-refractivity contribution in [1.82, 2.24) is 0 Å². The quantitative estimate of drug-likeness (QED) is 0.312. The average molecular weight is 402 g/mol. The smallest absolute Gasteiger partial charge is 0.336 e. The molecular formula is C19H19N2O6P. The van der Waals surface area contributed by atoms with Crippen LogP contribution in [0.1, 0.15) is 11.1 Å². The second kappa shape index (κ2) is 8.50. The molecule has 146 valence electrons. The number of rotatable bonds is 6. The number of carbonyl (C=O) groups is 1. The first-order valence-corrected chi connectivity index (χ1v) is 9.81. The van der Waals surface area contributed by atoms with Gasteiger partial charge in [0.15, 0.2) is 8.38 Å². The van der Waals surface area contributed by atoms with E-state index in [4.69, 9.17) is 10.2 Å². The van der Waals surface area contributed by atoms with Crippen molar-refractivity contribution in [2.24, 2.45) is 5.73 Å². The van der Waals surface area contributed by atoms with E-state index >= 15 is 0 Å². The summed E-state index contributed by atoms with van der Waals surface area (Å²) in [5.41, 5.74) is 7.22. The zero-order valence-electron chi connectivity index (χ0n) is 14.7. The summed E-state index contributed by atoms with van der Waals surface area (Å²) in [6, 6.07) is 11.6. The van der Waals surface area contributed by atoms with Crippen LogP contribution in [0.5, 0.6) is 5.75 Å². The van der Waals surface area contributed by atoms with Crippen LogP contribution in [0, 0.1) is 0 Å². The lowest BCUT2D eigenvalue weighted by Gasteiger charge is -2.13. The van der Waals surface area contributed by atoms with Crippen LogP contribution in [0.4, 0.5) is 5.69 Å². The number of benzene rings is 2. The summed E-state index contributed by atoms with van der Waals surface area (Å²) in [5.74, 6) is -0.283. The van der Waals surface area contributed by atoms with Crippen molar-refractivity contribution in [2.45, 2.75) is 18.6 Å². The van der Waals surface area contributed by atoms with Crippen LogP contribution in [0.2, 0.25) is 0 Å². The Morgan fingerprint density at radius 3 is 2.54 bits per heavy atom. The van der Waals surface area contributed by atoms with Crippen LogP contribution in [0.25, 0.3) is 11.0 Å². The summed E-state index contributed by atoms with van der Waals surface area (Å²) in [6.07, 6.45) is 0.232. The van der Waals surface area contributed by atoms with Crippen molar-refractivity contribution in [1.29, 1.82) is 0 Å². The van der Waals surface area contributed by atoms with Gasteiger partial charge < -0.3 is 30.4 Å². The summed E-state index contributed by atoms with van der Waals surface area (Å²) >= 11 is 0. The Morgan fingerprint density at radius 2 is 1.86 bits per heavy atom. The van der Waals surface area contributed by atoms with Gasteiger partial charge in [-0.25, -0.2) is 4.79 Å². The summed E-state index contributed by atoms with van der Waals surface area (Å²) < 4.78 is 5.16. The number of nitrogens with two attached hydrogens (primary N) is 1. The minimum Gasteiger partial charge on any atom is -0.508 e. The number of fused-ring (bicyclic) bond motifs is 1. The van der Waals surface area contributed by atoms with Crippen LogP contribution in [-0.2, 0) is 17.4 Å². The Labute approximate surface area is 161 Å². The number of anilines is 1. The van der Waals surface area contributed by atoms with Gasteiger partial charge in [-0.05, 0) is 41.8 Å². The number of phenolic OH excluding ortho intramolecular Hbond substituents is 1. The van der Waals surface area contributed by atoms with Crippen molar-refractivity contribution in [3.05, 3.63) is 70.1 Å². The molecule has 0 aliphatic rings. The van der Waals surface area contributed by atoms with E-state index in [0.29, 0.717) is 16.6 Å². The topological polar surface area (TPSA) is 146 Å². The number of carbonyl (C=O) groups excluding carboxylic acids is 1. The fourth-order valence-corrected chi connectivity index (χ4v) is 3.37. The molecule has 28 heavy (non-hydrogen) atoms. The SMILES string of the molecule is NC(Cc1ccc(O)cc1)C(=O)Nc1ccc2c(CP(O)O)cc(=O)oc2c1. The van der Waals surface area contributed by atoms with Crippen LogP contribution < -0.4 is 16.7 Å². The van der Waals surface area contributed by atoms with Gasteiger partial charge >= 0.3 is 5.63 Å². The zero-order chi connectivity index (χ0) is 20.3. The number of hydrogen-bond donors (Lipinski definition) is 5. The monoisotopic (exact) mass is 402 g/mol. The molecule has 0 aliphatic heterocycles. The van der Waals surface area contributed by atoms with E-state index in [1.807, 2.05) is 0 Å². The molecule has 3 rings (SSSR count). The normalized spacial score (nSPS) is 12.3. The van der Waals surface area contributed by atoms with Crippen molar-refractivity contribution >= 4 is 30.9 Å². The molecule has 0 spiro atoms. The minimum atomic E-state index is -2.20. The van der Waals surface area contributed by atoms with Gasteiger partial charge in [0, 0.05) is 29.4 Å². The number of amides is 1. The highest BCUT2D eigenvalue weighted by atomic mass is 31.2. The minimum absolute atomic E-state index is 0.0549. The number of nitrogens with one attached hydrogen (secondary N) is 1. The molecule has 0 saturated carbocycles. The zero-order valence-corrected chi connectivity index (χ0v) is 15.6. The third-order valence-corrected chi connectivity index (χ3v) is 4.76. The molecule has 1 unspecified atom stereocenters. The van der Waals surface area contributed by atoms with Crippen molar-refractivity contribution in [2.75, 3.05) is 5.32 Å². The van der Waals surface area contributed by atoms with Gasteiger partial charge in [-0.3, -0.25) is 4.79 Å². The molecule has 2 aromatic carbocycles. The van der Waals surface area contributed by atoms with Gasteiger partial charge in [-0.1, -0.05) is 12.1 Å². The third-order valence-electron chi connectivity index (χ3n) is 4.14. The molecule has 1 atom stereocenters. The summed E-state index contributed by atoms with van der Waals surface area (Å²) in [7, 11) is -2.20. The van der Waals surface area contributed by atoms with E-state index in [-0.39, 0.29) is 23.9 Å². The molecule has 3 aromatic rings. The van der Waals surface area contributed by atoms with Gasteiger partial charge in [0.1, 0.15) is 11.3 Å². The highest BCUT2D eigenvalue weighted by Crippen LogP contribution is 2.32. The first-order chi connectivity index (χ1) is 13.3. The van der Waals surface area contributed by atoms with Crippen LogP contribution in [0.3, 0.4) is 0 Å². The Hall–Kier alpha value is -2.77. The molecule has 9 heteroatoms. The predicted molar refractivity (Wildman–Crippen MR) is 106 cm³/mol.